The standard InChI is InChI=1S/C26H25N3O6/c1-16-4-7-19(8-5-16)28-25(31)18-6-9-23-22(12-18)29(26(32)35-23)15-24(30)27-14-17-10-20(33-2)13-21(11-17)34-3/h4-13H,14-15H2,1-3H3,(H,27,30)(H,28,31). The van der Waals surface area contributed by atoms with Gasteiger partial charge in [-0.05, 0) is 55.0 Å². The van der Waals surface area contributed by atoms with Crippen molar-refractivity contribution in [2.75, 3.05) is 19.5 Å². The molecule has 0 aliphatic rings. The van der Waals surface area contributed by atoms with Gasteiger partial charge in [0, 0.05) is 23.9 Å². The highest BCUT2D eigenvalue weighted by Crippen LogP contribution is 2.22. The average molecular weight is 476 g/mol. The van der Waals surface area contributed by atoms with Gasteiger partial charge in [-0.2, -0.15) is 0 Å². The number of amides is 2. The molecule has 0 fully saturated rings. The van der Waals surface area contributed by atoms with Gasteiger partial charge in [0.25, 0.3) is 5.91 Å². The molecule has 0 spiro atoms. The Morgan fingerprint density at radius 3 is 2.29 bits per heavy atom. The number of aromatic nitrogens is 1. The lowest BCUT2D eigenvalue weighted by atomic mass is 10.1. The number of nitrogens with zero attached hydrogens (tertiary/aromatic N) is 1. The lowest BCUT2D eigenvalue weighted by Crippen LogP contribution is -2.30. The summed E-state index contributed by atoms with van der Waals surface area (Å²) in [5.41, 5.74) is 3.47. The Kier molecular flexibility index (Phi) is 6.86. The number of anilines is 1. The van der Waals surface area contributed by atoms with Crippen molar-refractivity contribution in [3.8, 4) is 11.5 Å². The molecular formula is C26H25N3O6. The molecule has 0 unspecified atom stereocenters. The van der Waals surface area contributed by atoms with Gasteiger partial charge in [0.05, 0.1) is 19.7 Å². The van der Waals surface area contributed by atoms with Crippen LogP contribution in [0.25, 0.3) is 11.1 Å². The third-order valence-electron chi connectivity index (χ3n) is 5.44. The molecular weight excluding hydrogens is 450 g/mol. The van der Waals surface area contributed by atoms with Crippen molar-refractivity contribution in [3.63, 3.8) is 0 Å². The number of fused-ring (bicyclic) bond motifs is 1. The fourth-order valence-corrected chi connectivity index (χ4v) is 3.56. The van der Waals surface area contributed by atoms with E-state index in [4.69, 9.17) is 13.9 Å². The molecule has 0 radical (unpaired) electrons. The minimum absolute atomic E-state index is 0.209. The maximum absolute atomic E-state index is 12.7. The van der Waals surface area contributed by atoms with Crippen LogP contribution < -0.4 is 25.9 Å². The Balaban J connectivity index is 1.49. The van der Waals surface area contributed by atoms with E-state index in [-0.39, 0.29) is 24.6 Å². The number of benzene rings is 3. The van der Waals surface area contributed by atoms with Gasteiger partial charge >= 0.3 is 5.76 Å². The van der Waals surface area contributed by atoms with Gasteiger partial charge in [-0.1, -0.05) is 17.7 Å². The van der Waals surface area contributed by atoms with Gasteiger partial charge in [-0.25, -0.2) is 4.79 Å². The minimum Gasteiger partial charge on any atom is -0.497 e. The van der Waals surface area contributed by atoms with Crippen LogP contribution in [-0.2, 0) is 17.9 Å². The molecule has 9 nitrogen and oxygen atoms in total. The van der Waals surface area contributed by atoms with Crippen LogP contribution in [0.2, 0.25) is 0 Å². The van der Waals surface area contributed by atoms with Crippen LogP contribution in [-0.4, -0.2) is 30.6 Å². The second-order valence-corrected chi connectivity index (χ2v) is 7.95. The molecule has 0 bridgehead atoms. The lowest BCUT2D eigenvalue weighted by Gasteiger charge is -2.10. The normalized spacial score (nSPS) is 10.7. The number of nitrogens with one attached hydrogen (secondary N) is 2. The fourth-order valence-electron chi connectivity index (χ4n) is 3.56. The summed E-state index contributed by atoms with van der Waals surface area (Å²) in [4.78, 5) is 37.7. The molecule has 4 aromatic rings. The van der Waals surface area contributed by atoms with Crippen LogP contribution in [0.3, 0.4) is 0 Å². The summed E-state index contributed by atoms with van der Waals surface area (Å²) in [5, 5.41) is 5.59. The molecule has 0 saturated heterocycles. The highest BCUT2D eigenvalue weighted by atomic mass is 16.5. The van der Waals surface area contributed by atoms with Crippen molar-refractivity contribution in [1.82, 2.24) is 9.88 Å². The average Bonchev–Trinajstić information content (AvgIpc) is 3.17. The Morgan fingerprint density at radius 1 is 0.943 bits per heavy atom. The fraction of sp³-hybridized carbons (Fsp3) is 0.192. The molecule has 3 aromatic carbocycles. The number of oxazole rings is 1. The Labute approximate surface area is 201 Å². The molecule has 180 valence electrons. The monoisotopic (exact) mass is 475 g/mol. The van der Waals surface area contributed by atoms with Gasteiger partial charge in [-0.3, -0.25) is 14.2 Å². The predicted molar refractivity (Wildman–Crippen MR) is 131 cm³/mol. The summed E-state index contributed by atoms with van der Waals surface area (Å²) in [7, 11) is 3.09. The number of carbonyl (C=O) groups excluding carboxylic acids is 2. The molecule has 9 heteroatoms. The maximum atomic E-state index is 12.7. The Hall–Kier alpha value is -4.53. The van der Waals surface area contributed by atoms with E-state index < -0.39 is 11.7 Å². The summed E-state index contributed by atoms with van der Waals surface area (Å²) in [6.07, 6.45) is 0. The number of methoxy groups -OCH3 is 2. The highest BCUT2D eigenvalue weighted by Gasteiger charge is 2.16. The third-order valence-corrected chi connectivity index (χ3v) is 5.44. The zero-order valence-corrected chi connectivity index (χ0v) is 19.6. The van der Waals surface area contributed by atoms with Crippen molar-refractivity contribution < 1.29 is 23.5 Å². The SMILES string of the molecule is COc1cc(CNC(=O)Cn2c(=O)oc3ccc(C(=O)Nc4ccc(C)cc4)cc32)cc(OC)c1. The summed E-state index contributed by atoms with van der Waals surface area (Å²) < 4.78 is 16.9. The van der Waals surface area contributed by atoms with Gasteiger partial charge in [-0.15, -0.1) is 0 Å². The smallest absolute Gasteiger partial charge is 0.420 e. The molecule has 0 atom stereocenters. The zero-order chi connectivity index (χ0) is 24.9. The maximum Gasteiger partial charge on any atom is 0.420 e. The second-order valence-electron chi connectivity index (χ2n) is 7.95. The lowest BCUT2D eigenvalue weighted by molar-refractivity contribution is -0.121. The second kappa shape index (κ2) is 10.2. The van der Waals surface area contributed by atoms with E-state index in [0.717, 1.165) is 11.1 Å². The van der Waals surface area contributed by atoms with E-state index in [9.17, 15) is 14.4 Å². The molecule has 35 heavy (non-hydrogen) atoms. The number of hydrogen-bond acceptors (Lipinski definition) is 6. The van der Waals surface area contributed by atoms with Crippen LogP contribution in [0.1, 0.15) is 21.5 Å². The van der Waals surface area contributed by atoms with E-state index in [0.29, 0.717) is 28.3 Å². The molecule has 0 saturated carbocycles. The molecule has 0 aliphatic heterocycles. The third kappa shape index (κ3) is 5.52. The van der Waals surface area contributed by atoms with Crippen molar-refractivity contribution in [1.29, 1.82) is 0 Å². The van der Waals surface area contributed by atoms with Gasteiger partial charge in [0.2, 0.25) is 5.91 Å². The van der Waals surface area contributed by atoms with Crippen LogP contribution >= 0.6 is 0 Å². The Morgan fingerprint density at radius 2 is 1.63 bits per heavy atom. The van der Waals surface area contributed by atoms with E-state index in [1.807, 2.05) is 31.2 Å². The molecule has 4 rings (SSSR count). The molecule has 2 amide bonds. The van der Waals surface area contributed by atoms with Crippen LogP contribution in [0.4, 0.5) is 5.69 Å². The van der Waals surface area contributed by atoms with Crippen molar-refractivity contribution in [2.45, 2.75) is 20.0 Å². The number of aryl methyl sites for hydroxylation is 1. The summed E-state index contributed by atoms with van der Waals surface area (Å²) in [5.74, 6) is -0.225. The van der Waals surface area contributed by atoms with Gasteiger partial charge < -0.3 is 24.5 Å². The van der Waals surface area contributed by atoms with Crippen LogP contribution in [0.15, 0.2) is 69.9 Å². The van der Waals surface area contributed by atoms with Crippen LogP contribution in [0, 0.1) is 6.92 Å². The summed E-state index contributed by atoms with van der Waals surface area (Å²) in [6.45, 7) is 1.90. The van der Waals surface area contributed by atoms with Crippen molar-refractivity contribution >= 4 is 28.6 Å². The van der Waals surface area contributed by atoms with E-state index >= 15 is 0 Å². The number of ether oxygens (including phenoxy) is 2. The quantitative estimate of drug-likeness (QED) is 0.404. The minimum atomic E-state index is -0.686. The summed E-state index contributed by atoms with van der Waals surface area (Å²) in [6, 6.07) is 17.3. The molecule has 2 N–H and O–H groups in total. The van der Waals surface area contributed by atoms with Crippen molar-refractivity contribution in [3.05, 3.63) is 87.9 Å². The van der Waals surface area contributed by atoms with E-state index in [1.165, 1.54) is 16.7 Å². The molecule has 1 heterocycles. The first kappa shape index (κ1) is 23.6. The van der Waals surface area contributed by atoms with Crippen molar-refractivity contribution in [2.24, 2.45) is 0 Å². The highest BCUT2D eigenvalue weighted by molar-refractivity contribution is 6.05. The first-order valence-electron chi connectivity index (χ1n) is 10.9. The molecule has 1 aromatic heterocycles. The van der Waals surface area contributed by atoms with E-state index in [1.54, 1.807) is 38.5 Å². The number of carbonyl (C=O) groups is 2. The topological polar surface area (TPSA) is 112 Å². The van der Waals surface area contributed by atoms with E-state index in [2.05, 4.69) is 10.6 Å². The first-order valence-corrected chi connectivity index (χ1v) is 10.9. The Bertz CT molecular complexity index is 1410. The largest absolute Gasteiger partial charge is 0.497 e. The van der Waals surface area contributed by atoms with Crippen LogP contribution in [0.5, 0.6) is 11.5 Å². The first-order chi connectivity index (χ1) is 16.9. The van der Waals surface area contributed by atoms with Gasteiger partial charge in [0.1, 0.15) is 18.0 Å². The molecule has 0 aliphatic carbocycles. The predicted octanol–water partition coefficient (Wildman–Crippen LogP) is 3.49. The zero-order valence-electron chi connectivity index (χ0n) is 19.6. The summed E-state index contributed by atoms with van der Waals surface area (Å²) >= 11 is 0. The van der Waals surface area contributed by atoms with Gasteiger partial charge in [0.15, 0.2) is 5.58 Å². The number of rotatable bonds is 8. The number of hydrogen-bond donors (Lipinski definition) is 2.